The monoisotopic (exact) mass is 394 g/mol. The summed E-state index contributed by atoms with van der Waals surface area (Å²) in [6, 6.07) is 22.2. The van der Waals surface area contributed by atoms with Crippen molar-refractivity contribution >= 4 is 34.1 Å². The molecule has 134 valence electrons. The Labute approximate surface area is 166 Å². The molecule has 4 rings (SSSR count). The molecule has 0 aliphatic heterocycles. The third-order valence-electron chi connectivity index (χ3n) is 4.40. The third-order valence-corrected chi connectivity index (χ3v) is 5.88. The molecule has 0 unspecified atom stereocenters. The zero-order valence-electron chi connectivity index (χ0n) is 14.6. The standard InChI is InChI=1S/C22H16ClFN2S/c1-14(17-6-4-5-9-20(17)23)27-22-19-8-3-2-7-18(19)21(25-26-22)15-10-12-16(24)13-11-15/h2-14H,1H3/t14-/m1/s1. The Morgan fingerprint density at radius 2 is 1.52 bits per heavy atom. The van der Waals surface area contributed by atoms with Crippen LogP contribution in [-0.2, 0) is 0 Å². The lowest BCUT2D eigenvalue weighted by atomic mass is 10.1. The Morgan fingerprint density at radius 3 is 2.26 bits per heavy atom. The van der Waals surface area contributed by atoms with Gasteiger partial charge in [0.2, 0.25) is 0 Å². The summed E-state index contributed by atoms with van der Waals surface area (Å²) < 4.78 is 13.3. The minimum absolute atomic E-state index is 0.132. The van der Waals surface area contributed by atoms with Gasteiger partial charge in [0.05, 0.1) is 0 Å². The molecule has 3 aromatic carbocycles. The maximum absolute atomic E-state index is 13.3. The third kappa shape index (κ3) is 3.68. The molecule has 0 amide bonds. The molecule has 2 nitrogen and oxygen atoms in total. The number of nitrogens with zero attached hydrogens (tertiary/aromatic N) is 2. The van der Waals surface area contributed by atoms with Crippen LogP contribution in [0.1, 0.15) is 17.7 Å². The molecule has 0 saturated heterocycles. The maximum Gasteiger partial charge on any atom is 0.127 e. The lowest BCUT2D eigenvalue weighted by Crippen LogP contribution is -1.96. The van der Waals surface area contributed by atoms with Crippen molar-refractivity contribution in [3.8, 4) is 11.3 Å². The van der Waals surface area contributed by atoms with Crippen LogP contribution in [0.25, 0.3) is 22.0 Å². The van der Waals surface area contributed by atoms with Crippen molar-refractivity contribution in [2.45, 2.75) is 17.2 Å². The first-order valence-corrected chi connectivity index (χ1v) is 9.81. The molecule has 5 heteroatoms. The van der Waals surface area contributed by atoms with E-state index in [1.165, 1.54) is 12.1 Å². The van der Waals surface area contributed by atoms with Crippen molar-refractivity contribution in [1.82, 2.24) is 10.2 Å². The SMILES string of the molecule is C[C@@H](Sc1nnc(-c2ccc(F)cc2)c2ccccc12)c1ccccc1Cl. The fourth-order valence-corrected chi connectivity index (χ4v) is 4.45. The second kappa shape index (κ2) is 7.67. The highest BCUT2D eigenvalue weighted by Gasteiger charge is 2.16. The zero-order chi connectivity index (χ0) is 18.8. The van der Waals surface area contributed by atoms with E-state index < -0.39 is 0 Å². The number of benzene rings is 3. The van der Waals surface area contributed by atoms with Crippen molar-refractivity contribution < 1.29 is 4.39 Å². The number of hydrogen-bond donors (Lipinski definition) is 0. The van der Waals surface area contributed by atoms with Crippen LogP contribution >= 0.6 is 23.4 Å². The summed E-state index contributed by atoms with van der Waals surface area (Å²) in [5.74, 6) is -0.267. The van der Waals surface area contributed by atoms with Crippen molar-refractivity contribution in [2.75, 3.05) is 0 Å². The number of aromatic nitrogens is 2. The summed E-state index contributed by atoms with van der Waals surface area (Å²) in [6.45, 7) is 2.11. The predicted molar refractivity (Wildman–Crippen MR) is 111 cm³/mol. The van der Waals surface area contributed by atoms with Crippen LogP contribution in [0, 0.1) is 5.82 Å². The van der Waals surface area contributed by atoms with Gasteiger partial charge in [-0.3, -0.25) is 0 Å². The number of fused-ring (bicyclic) bond motifs is 1. The first kappa shape index (κ1) is 18.0. The summed E-state index contributed by atoms with van der Waals surface area (Å²) in [6.07, 6.45) is 0. The molecule has 0 aliphatic carbocycles. The molecule has 0 radical (unpaired) electrons. The Hall–Kier alpha value is -2.43. The van der Waals surface area contributed by atoms with Gasteiger partial charge < -0.3 is 0 Å². The molecule has 0 aliphatic rings. The van der Waals surface area contributed by atoms with Gasteiger partial charge in [0.25, 0.3) is 0 Å². The fraction of sp³-hybridized carbons (Fsp3) is 0.0909. The van der Waals surface area contributed by atoms with E-state index in [0.717, 1.165) is 37.6 Å². The van der Waals surface area contributed by atoms with Gasteiger partial charge in [-0.1, -0.05) is 65.8 Å². The normalized spacial score (nSPS) is 12.3. The summed E-state index contributed by atoms with van der Waals surface area (Å²) in [5.41, 5.74) is 2.66. The van der Waals surface area contributed by atoms with E-state index in [1.807, 2.05) is 48.5 Å². The average molecular weight is 395 g/mol. The zero-order valence-corrected chi connectivity index (χ0v) is 16.1. The van der Waals surface area contributed by atoms with Gasteiger partial charge in [-0.2, -0.15) is 0 Å². The topological polar surface area (TPSA) is 25.8 Å². The molecule has 1 heterocycles. The van der Waals surface area contributed by atoms with E-state index in [9.17, 15) is 4.39 Å². The predicted octanol–water partition coefficient (Wildman–Crippen LogP) is 6.94. The van der Waals surface area contributed by atoms with Crippen LogP contribution in [-0.4, -0.2) is 10.2 Å². The van der Waals surface area contributed by atoms with Gasteiger partial charge in [-0.05, 0) is 42.8 Å². The van der Waals surface area contributed by atoms with Gasteiger partial charge in [0, 0.05) is 26.6 Å². The van der Waals surface area contributed by atoms with Crippen LogP contribution in [0.4, 0.5) is 4.39 Å². The van der Waals surface area contributed by atoms with E-state index in [-0.39, 0.29) is 11.1 Å². The number of hydrogen-bond acceptors (Lipinski definition) is 3. The first-order valence-electron chi connectivity index (χ1n) is 8.56. The summed E-state index contributed by atoms with van der Waals surface area (Å²) in [4.78, 5) is 0. The molecule has 0 N–H and O–H groups in total. The van der Waals surface area contributed by atoms with E-state index in [4.69, 9.17) is 11.6 Å². The molecule has 0 spiro atoms. The van der Waals surface area contributed by atoms with Crippen LogP contribution in [0.15, 0.2) is 77.8 Å². The number of thioether (sulfide) groups is 1. The molecule has 4 aromatic rings. The largest absolute Gasteiger partial charge is 0.207 e. The molecule has 1 atom stereocenters. The first-order chi connectivity index (χ1) is 13.1. The Kier molecular flexibility index (Phi) is 5.10. The molecular formula is C22H16ClFN2S. The molecule has 0 fully saturated rings. The molecule has 1 aromatic heterocycles. The van der Waals surface area contributed by atoms with Gasteiger partial charge in [0.1, 0.15) is 16.5 Å². The van der Waals surface area contributed by atoms with Crippen molar-refractivity contribution in [3.05, 3.63) is 89.2 Å². The smallest absolute Gasteiger partial charge is 0.127 e. The van der Waals surface area contributed by atoms with E-state index >= 15 is 0 Å². The average Bonchev–Trinajstić information content (AvgIpc) is 2.69. The van der Waals surface area contributed by atoms with Gasteiger partial charge in [0.15, 0.2) is 0 Å². The quantitative estimate of drug-likeness (QED) is 0.350. The van der Waals surface area contributed by atoms with Gasteiger partial charge in [-0.15, -0.1) is 10.2 Å². The summed E-state index contributed by atoms with van der Waals surface area (Å²) in [7, 11) is 0. The van der Waals surface area contributed by atoms with Crippen molar-refractivity contribution in [1.29, 1.82) is 0 Å². The second-order valence-electron chi connectivity index (χ2n) is 6.19. The lowest BCUT2D eigenvalue weighted by Gasteiger charge is -2.14. The van der Waals surface area contributed by atoms with Crippen LogP contribution in [0.5, 0.6) is 0 Å². The minimum atomic E-state index is -0.267. The van der Waals surface area contributed by atoms with Gasteiger partial charge in [-0.25, -0.2) is 4.39 Å². The Balaban J connectivity index is 1.76. The summed E-state index contributed by atoms with van der Waals surface area (Å²) in [5, 5.41) is 12.7. The van der Waals surface area contributed by atoms with Crippen LogP contribution in [0.2, 0.25) is 5.02 Å². The maximum atomic E-state index is 13.3. The fourth-order valence-electron chi connectivity index (χ4n) is 3.02. The lowest BCUT2D eigenvalue weighted by molar-refractivity contribution is 0.628. The summed E-state index contributed by atoms with van der Waals surface area (Å²) >= 11 is 7.97. The molecular weight excluding hydrogens is 379 g/mol. The number of rotatable bonds is 4. The Bertz CT molecular complexity index is 1100. The van der Waals surface area contributed by atoms with Crippen molar-refractivity contribution in [3.63, 3.8) is 0 Å². The molecule has 0 bridgehead atoms. The second-order valence-corrected chi connectivity index (χ2v) is 7.92. The van der Waals surface area contributed by atoms with E-state index in [2.05, 4.69) is 17.1 Å². The van der Waals surface area contributed by atoms with Crippen LogP contribution in [0.3, 0.4) is 0 Å². The van der Waals surface area contributed by atoms with E-state index in [0.29, 0.717) is 0 Å². The van der Waals surface area contributed by atoms with E-state index in [1.54, 1.807) is 23.9 Å². The molecule has 0 saturated carbocycles. The van der Waals surface area contributed by atoms with Crippen LogP contribution < -0.4 is 0 Å². The number of halogens is 2. The highest BCUT2D eigenvalue weighted by Crippen LogP contribution is 2.40. The van der Waals surface area contributed by atoms with Gasteiger partial charge >= 0.3 is 0 Å². The molecule has 27 heavy (non-hydrogen) atoms. The highest BCUT2D eigenvalue weighted by atomic mass is 35.5. The van der Waals surface area contributed by atoms with Crippen molar-refractivity contribution in [2.24, 2.45) is 0 Å². The minimum Gasteiger partial charge on any atom is -0.207 e. The highest BCUT2D eigenvalue weighted by molar-refractivity contribution is 7.99. The Morgan fingerprint density at radius 1 is 0.852 bits per heavy atom.